The Morgan fingerprint density at radius 2 is 1.59 bits per heavy atom. The van der Waals surface area contributed by atoms with Crippen molar-refractivity contribution < 1.29 is 0 Å². The minimum absolute atomic E-state index is 0.941. The summed E-state index contributed by atoms with van der Waals surface area (Å²) in [4.78, 5) is 8.43. The van der Waals surface area contributed by atoms with Crippen LogP contribution in [-0.2, 0) is 0 Å². The molecule has 0 bridgehead atoms. The maximum atomic E-state index is 4.41. The summed E-state index contributed by atoms with van der Waals surface area (Å²) in [7, 11) is 0. The molecule has 3 heteroatoms. The Hall–Kier alpha value is -2.42. The standard InChI is InChI=1S/C14H11N3/c1-2-4-12(5-3-1)14-16-10-11-17(14)13-6-8-15-9-7-13/h1-11H. The van der Waals surface area contributed by atoms with Crippen molar-refractivity contribution in [3.05, 3.63) is 67.3 Å². The molecule has 17 heavy (non-hydrogen) atoms. The topological polar surface area (TPSA) is 30.7 Å². The number of aromatic nitrogens is 3. The first-order chi connectivity index (χ1) is 8.45. The molecular formula is C14H11N3. The number of rotatable bonds is 2. The summed E-state index contributed by atoms with van der Waals surface area (Å²) in [5.74, 6) is 0.941. The van der Waals surface area contributed by atoms with Crippen LogP contribution in [0.25, 0.3) is 17.1 Å². The first kappa shape index (κ1) is 9.78. The van der Waals surface area contributed by atoms with E-state index in [4.69, 9.17) is 0 Å². The molecule has 2 heterocycles. The number of benzene rings is 1. The molecule has 0 fully saturated rings. The van der Waals surface area contributed by atoms with Crippen LogP contribution in [0.2, 0.25) is 0 Å². The average Bonchev–Trinajstić information content (AvgIpc) is 2.90. The Morgan fingerprint density at radius 3 is 2.35 bits per heavy atom. The van der Waals surface area contributed by atoms with Gasteiger partial charge in [-0.3, -0.25) is 9.55 Å². The molecule has 3 nitrogen and oxygen atoms in total. The Bertz CT molecular complexity index is 546. The first-order valence-electron chi connectivity index (χ1n) is 5.44. The van der Waals surface area contributed by atoms with Crippen molar-refractivity contribution in [3.8, 4) is 17.1 Å². The molecular weight excluding hydrogens is 210 g/mol. The first-order valence-corrected chi connectivity index (χ1v) is 5.44. The molecule has 0 aliphatic carbocycles. The van der Waals surface area contributed by atoms with E-state index < -0.39 is 0 Å². The minimum atomic E-state index is 0.941. The van der Waals surface area contributed by atoms with E-state index in [1.165, 1.54) is 0 Å². The van der Waals surface area contributed by atoms with Gasteiger partial charge in [0.15, 0.2) is 0 Å². The van der Waals surface area contributed by atoms with Crippen molar-refractivity contribution >= 4 is 0 Å². The Kier molecular flexibility index (Phi) is 2.43. The SMILES string of the molecule is c1ccc(-c2nccn2-c2ccncc2)cc1. The lowest BCUT2D eigenvalue weighted by Gasteiger charge is -2.07. The third-order valence-corrected chi connectivity index (χ3v) is 2.61. The van der Waals surface area contributed by atoms with Crippen LogP contribution < -0.4 is 0 Å². The van der Waals surface area contributed by atoms with Gasteiger partial charge in [-0.25, -0.2) is 4.98 Å². The summed E-state index contributed by atoms with van der Waals surface area (Å²) < 4.78 is 2.05. The Balaban J connectivity index is 2.13. The van der Waals surface area contributed by atoms with Crippen LogP contribution in [0.1, 0.15) is 0 Å². The predicted octanol–water partition coefficient (Wildman–Crippen LogP) is 2.93. The van der Waals surface area contributed by atoms with E-state index in [0.29, 0.717) is 0 Å². The molecule has 3 rings (SSSR count). The van der Waals surface area contributed by atoms with Crippen LogP contribution in [-0.4, -0.2) is 14.5 Å². The maximum absolute atomic E-state index is 4.41. The zero-order valence-electron chi connectivity index (χ0n) is 9.19. The Morgan fingerprint density at radius 1 is 0.824 bits per heavy atom. The van der Waals surface area contributed by atoms with E-state index in [1.54, 1.807) is 12.4 Å². The van der Waals surface area contributed by atoms with E-state index in [9.17, 15) is 0 Å². The van der Waals surface area contributed by atoms with E-state index in [-0.39, 0.29) is 0 Å². The van der Waals surface area contributed by atoms with Gasteiger partial charge < -0.3 is 0 Å². The molecule has 0 N–H and O–H groups in total. The predicted molar refractivity (Wildman–Crippen MR) is 66.8 cm³/mol. The van der Waals surface area contributed by atoms with E-state index in [2.05, 4.69) is 26.7 Å². The highest BCUT2D eigenvalue weighted by molar-refractivity contribution is 5.58. The summed E-state index contributed by atoms with van der Waals surface area (Å²) in [6, 6.07) is 14.1. The third-order valence-electron chi connectivity index (χ3n) is 2.61. The molecule has 0 aliphatic rings. The van der Waals surface area contributed by atoms with Crippen molar-refractivity contribution in [1.82, 2.24) is 14.5 Å². The normalized spacial score (nSPS) is 10.4. The summed E-state index contributed by atoms with van der Waals surface area (Å²) in [5, 5.41) is 0. The zero-order valence-corrected chi connectivity index (χ0v) is 9.19. The molecule has 0 spiro atoms. The van der Waals surface area contributed by atoms with Crippen molar-refractivity contribution in [2.24, 2.45) is 0 Å². The maximum Gasteiger partial charge on any atom is 0.144 e. The van der Waals surface area contributed by atoms with E-state index >= 15 is 0 Å². The third kappa shape index (κ3) is 1.83. The van der Waals surface area contributed by atoms with Crippen LogP contribution >= 0.6 is 0 Å². The van der Waals surface area contributed by atoms with Crippen molar-refractivity contribution in [1.29, 1.82) is 0 Å². The van der Waals surface area contributed by atoms with Gasteiger partial charge >= 0.3 is 0 Å². The molecule has 0 saturated heterocycles. The minimum Gasteiger partial charge on any atom is -0.300 e. The zero-order chi connectivity index (χ0) is 11.5. The van der Waals surface area contributed by atoms with Gasteiger partial charge in [0, 0.05) is 30.4 Å². The fraction of sp³-hybridized carbons (Fsp3) is 0. The van der Waals surface area contributed by atoms with Gasteiger partial charge in [-0.15, -0.1) is 0 Å². The van der Waals surface area contributed by atoms with Gasteiger partial charge in [0.1, 0.15) is 5.82 Å². The highest BCUT2D eigenvalue weighted by Gasteiger charge is 2.06. The number of pyridine rings is 1. The summed E-state index contributed by atoms with van der Waals surface area (Å²) >= 11 is 0. The molecule has 0 unspecified atom stereocenters. The monoisotopic (exact) mass is 221 g/mol. The van der Waals surface area contributed by atoms with E-state index in [1.807, 2.05) is 42.7 Å². The number of nitrogens with zero attached hydrogens (tertiary/aromatic N) is 3. The molecule has 0 radical (unpaired) electrons. The molecule has 3 aromatic rings. The molecule has 1 aromatic carbocycles. The second-order valence-corrected chi connectivity index (χ2v) is 3.69. The molecule has 0 atom stereocenters. The fourth-order valence-electron chi connectivity index (χ4n) is 1.82. The molecule has 2 aromatic heterocycles. The largest absolute Gasteiger partial charge is 0.300 e. The highest BCUT2D eigenvalue weighted by Crippen LogP contribution is 2.20. The average molecular weight is 221 g/mol. The summed E-state index contributed by atoms with van der Waals surface area (Å²) in [6.07, 6.45) is 7.33. The van der Waals surface area contributed by atoms with Gasteiger partial charge in [0.05, 0.1) is 5.69 Å². The van der Waals surface area contributed by atoms with Crippen molar-refractivity contribution in [2.75, 3.05) is 0 Å². The molecule has 0 aliphatic heterocycles. The van der Waals surface area contributed by atoms with Crippen molar-refractivity contribution in [2.45, 2.75) is 0 Å². The van der Waals surface area contributed by atoms with Crippen LogP contribution in [0, 0.1) is 0 Å². The summed E-state index contributed by atoms with van der Waals surface area (Å²) in [6.45, 7) is 0. The van der Waals surface area contributed by atoms with E-state index in [0.717, 1.165) is 17.1 Å². The van der Waals surface area contributed by atoms with Gasteiger partial charge in [-0.05, 0) is 12.1 Å². The van der Waals surface area contributed by atoms with Crippen molar-refractivity contribution in [3.63, 3.8) is 0 Å². The smallest absolute Gasteiger partial charge is 0.144 e. The lowest BCUT2D eigenvalue weighted by molar-refractivity contribution is 1.06. The van der Waals surface area contributed by atoms with Crippen LogP contribution in [0.3, 0.4) is 0 Å². The Labute approximate surface area is 99.4 Å². The summed E-state index contributed by atoms with van der Waals surface area (Å²) in [5.41, 5.74) is 2.17. The molecule has 82 valence electrons. The van der Waals surface area contributed by atoms with Crippen LogP contribution in [0.4, 0.5) is 0 Å². The number of hydrogen-bond donors (Lipinski definition) is 0. The van der Waals surface area contributed by atoms with Gasteiger partial charge in [0.2, 0.25) is 0 Å². The van der Waals surface area contributed by atoms with Crippen LogP contribution in [0.5, 0.6) is 0 Å². The van der Waals surface area contributed by atoms with Gasteiger partial charge in [-0.2, -0.15) is 0 Å². The lowest BCUT2D eigenvalue weighted by atomic mass is 10.2. The van der Waals surface area contributed by atoms with Gasteiger partial charge in [0.25, 0.3) is 0 Å². The second-order valence-electron chi connectivity index (χ2n) is 3.69. The fourth-order valence-corrected chi connectivity index (χ4v) is 1.82. The lowest BCUT2D eigenvalue weighted by Crippen LogP contribution is -1.95. The second kappa shape index (κ2) is 4.22. The molecule has 0 saturated carbocycles. The number of hydrogen-bond acceptors (Lipinski definition) is 2. The number of imidazole rings is 1. The highest BCUT2D eigenvalue weighted by atomic mass is 15.1. The molecule has 0 amide bonds. The van der Waals surface area contributed by atoms with Gasteiger partial charge in [-0.1, -0.05) is 30.3 Å². The quantitative estimate of drug-likeness (QED) is 0.666. The van der Waals surface area contributed by atoms with Crippen LogP contribution in [0.15, 0.2) is 67.3 Å².